The van der Waals surface area contributed by atoms with Gasteiger partial charge in [0, 0.05) is 12.6 Å². The van der Waals surface area contributed by atoms with Gasteiger partial charge in [0.15, 0.2) is 0 Å². The first-order valence-electron chi connectivity index (χ1n) is 6.16. The molecule has 1 N–H and O–H groups in total. The minimum absolute atomic E-state index is 0.612. The molecule has 0 bridgehead atoms. The molecule has 1 aliphatic carbocycles. The molecule has 2 heteroatoms. The summed E-state index contributed by atoms with van der Waals surface area (Å²) in [6.07, 6.45) is 9.42. The molecule has 1 saturated carbocycles. The fraction of sp³-hybridized carbons (Fsp3) is 0.846. The topological polar surface area (TPSA) is 15.3 Å². The Bertz CT molecular complexity index is 203. The number of terminal acetylenes is 1. The Morgan fingerprint density at radius 3 is 2.80 bits per heavy atom. The SMILES string of the molecule is C#CCN(CC1CC1)C(C)CCNCC. The Morgan fingerprint density at radius 2 is 2.27 bits per heavy atom. The van der Waals surface area contributed by atoms with E-state index in [1.165, 1.54) is 25.8 Å². The summed E-state index contributed by atoms with van der Waals surface area (Å²) in [5.74, 6) is 3.71. The molecule has 1 atom stereocenters. The Labute approximate surface area is 94.4 Å². The van der Waals surface area contributed by atoms with Crippen LogP contribution in [0.3, 0.4) is 0 Å². The van der Waals surface area contributed by atoms with Crippen molar-refractivity contribution in [2.45, 2.75) is 39.2 Å². The van der Waals surface area contributed by atoms with Gasteiger partial charge in [-0.25, -0.2) is 0 Å². The summed E-state index contributed by atoms with van der Waals surface area (Å²) in [5, 5.41) is 3.37. The molecule has 1 fully saturated rings. The van der Waals surface area contributed by atoms with Crippen LogP contribution in [0.1, 0.15) is 33.1 Å². The van der Waals surface area contributed by atoms with Crippen molar-refractivity contribution in [3.63, 3.8) is 0 Å². The zero-order valence-electron chi connectivity index (χ0n) is 10.1. The third kappa shape index (κ3) is 5.20. The van der Waals surface area contributed by atoms with Gasteiger partial charge < -0.3 is 5.32 Å². The van der Waals surface area contributed by atoms with Crippen LogP contribution in [0, 0.1) is 18.3 Å². The third-order valence-electron chi connectivity index (χ3n) is 3.10. The van der Waals surface area contributed by atoms with E-state index < -0.39 is 0 Å². The minimum Gasteiger partial charge on any atom is -0.317 e. The lowest BCUT2D eigenvalue weighted by molar-refractivity contribution is 0.215. The van der Waals surface area contributed by atoms with Crippen LogP contribution < -0.4 is 5.32 Å². The summed E-state index contributed by atoms with van der Waals surface area (Å²) in [6.45, 7) is 8.61. The second kappa shape index (κ2) is 6.87. The van der Waals surface area contributed by atoms with Gasteiger partial charge in [-0.3, -0.25) is 4.90 Å². The second-order valence-electron chi connectivity index (χ2n) is 4.57. The van der Waals surface area contributed by atoms with E-state index in [0.29, 0.717) is 6.04 Å². The van der Waals surface area contributed by atoms with Crippen molar-refractivity contribution in [3.8, 4) is 12.3 Å². The molecule has 0 radical (unpaired) electrons. The lowest BCUT2D eigenvalue weighted by Gasteiger charge is -2.27. The quantitative estimate of drug-likeness (QED) is 0.483. The first kappa shape index (κ1) is 12.5. The molecule has 0 amide bonds. The molecule has 0 aromatic heterocycles. The molecule has 0 aliphatic heterocycles. The first-order valence-corrected chi connectivity index (χ1v) is 6.16. The number of nitrogens with one attached hydrogen (secondary N) is 1. The molecular formula is C13H24N2. The normalized spacial score (nSPS) is 17.7. The predicted molar refractivity (Wildman–Crippen MR) is 65.8 cm³/mol. The lowest BCUT2D eigenvalue weighted by atomic mass is 10.2. The molecule has 0 aromatic carbocycles. The van der Waals surface area contributed by atoms with Gasteiger partial charge in [-0.1, -0.05) is 12.8 Å². The average Bonchev–Trinajstić information content (AvgIpc) is 3.01. The molecule has 1 unspecified atom stereocenters. The third-order valence-corrected chi connectivity index (χ3v) is 3.10. The van der Waals surface area contributed by atoms with Gasteiger partial charge in [-0.05, 0) is 45.2 Å². The minimum atomic E-state index is 0.612. The summed E-state index contributed by atoms with van der Waals surface area (Å²) in [4.78, 5) is 2.45. The maximum atomic E-state index is 5.41. The van der Waals surface area contributed by atoms with Crippen molar-refractivity contribution in [1.82, 2.24) is 10.2 Å². The van der Waals surface area contributed by atoms with Crippen molar-refractivity contribution in [3.05, 3.63) is 0 Å². The highest BCUT2D eigenvalue weighted by atomic mass is 15.2. The molecule has 0 aromatic rings. The van der Waals surface area contributed by atoms with Gasteiger partial charge >= 0.3 is 0 Å². The van der Waals surface area contributed by atoms with E-state index in [2.05, 4.69) is 30.0 Å². The van der Waals surface area contributed by atoms with Crippen molar-refractivity contribution >= 4 is 0 Å². The van der Waals surface area contributed by atoms with Crippen LogP contribution in [-0.2, 0) is 0 Å². The van der Waals surface area contributed by atoms with Crippen molar-refractivity contribution in [2.24, 2.45) is 5.92 Å². The molecular weight excluding hydrogens is 184 g/mol. The molecule has 1 rings (SSSR count). The van der Waals surface area contributed by atoms with E-state index in [4.69, 9.17) is 6.42 Å². The van der Waals surface area contributed by atoms with Gasteiger partial charge in [0.25, 0.3) is 0 Å². The standard InChI is InChI=1S/C13H24N2/c1-4-10-15(11-13-6-7-13)12(3)8-9-14-5-2/h1,12-14H,5-11H2,2-3H3. The number of hydrogen-bond acceptors (Lipinski definition) is 2. The van der Waals surface area contributed by atoms with E-state index in [-0.39, 0.29) is 0 Å². The van der Waals surface area contributed by atoms with E-state index in [0.717, 1.165) is 25.6 Å². The van der Waals surface area contributed by atoms with Crippen LogP contribution in [0.25, 0.3) is 0 Å². The molecule has 86 valence electrons. The summed E-state index contributed by atoms with van der Waals surface area (Å²) in [7, 11) is 0. The highest BCUT2D eigenvalue weighted by molar-refractivity contribution is 4.91. The van der Waals surface area contributed by atoms with Crippen molar-refractivity contribution < 1.29 is 0 Å². The number of rotatable bonds is 8. The molecule has 1 aliphatic rings. The smallest absolute Gasteiger partial charge is 0.0601 e. The van der Waals surface area contributed by atoms with Crippen molar-refractivity contribution in [2.75, 3.05) is 26.2 Å². The molecule has 15 heavy (non-hydrogen) atoms. The van der Waals surface area contributed by atoms with Crippen LogP contribution in [0.15, 0.2) is 0 Å². The van der Waals surface area contributed by atoms with Crippen LogP contribution in [0.4, 0.5) is 0 Å². The highest BCUT2D eigenvalue weighted by Gasteiger charge is 2.25. The summed E-state index contributed by atoms with van der Waals surface area (Å²) in [6, 6.07) is 0.612. The van der Waals surface area contributed by atoms with E-state index in [9.17, 15) is 0 Å². The monoisotopic (exact) mass is 208 g/mol. The van der Waals surface area contributed by atoms with Crippen LogP contribution in [0.2, 0.25) is 0 Å². The maximum absolute atomic E-state index is 5.41. The Kier molecular flexibility index (Phi) is 5.75. The van der Waals surface area contributed by atoms with Crippen LogP contribution in [0.5, 0.6) is 0 Å². The van der Waals surface area contributed by atoms with Gasteiger partial charge in [0.05, 0.1) is 6.54 Å². The van der Waals surface area contributed by atoms with E-state index >= 15 is 0 Å². The fourth-order valence-electron chi connectivity index (χ4n) is 1.82. The largest absolute Gasteiger partial charge is 0.317 e. The number of nitrogens with zero attached hydrogens (tertiary/aromatic N) is 1. The van der Waals surface area contributed by atoms with Gasteiger partial charge in [-0.15, -0.1) is 6.42 Å². The van der Waals surface area contributed by atoms with Crippen LogP contribution in [-0.4, -0.2) is 37.1 Å². The van der Waals surface area contributed by atoms with E-state index in [1.807, 2.05) is 0 Å². The number of hydrogen-bond donors (Lipinski definition) is 1. The summed E-state index contributed by atoms with van der Waals surface area (Å²) >= 11 is 0. The molecule has 2 nitrogen and oxygen atoms in total. The molecule has 0 spiro atoms. The van der Waals surface area contributed by atoms with Gasteiger partial charge in [0.1, 0.15) is 0 Å². The van der Waals surface area contributed by atoms with Gasteiger partial charge in [-0.2, -0.15) is 0 Å². The second-order valence-corrected chi connectivity index (χ2v) is 4.57. The summed E-state index contributed by atoms with van der Waals surface area (Å²) < 4.78 is 0. The highest BCUT2D eigenvalue weighted by Crippen LogP contribution is 2.30. The maximum Gasteiger partial charge on any atom is 0.0601 e. The average molecular weight is 208 g/mol. The Morgan fingerprint density at radius 1 is 1.53 bits per heavy atom. The Balaban J connectivity index is 2.22. The zero-order valence-corrected chi connectivity index (χ0v) is 10.1. The van der Waals surface area contributed by atoms with Gasteiger partial charge in [0.2, 0.25) is 0 Å². The van der Waals surface area contributed by atoms with E-state index in [1.54, 1.807) is 0 Å². The predicted octanol–water partition coefficient (Wildman–Crippen LogP) is 1.72. The lowest BCUT2D eigenvalue weighted by Crippen LogP contribution is -2.37. The van der Waals surface area contributed by atoms with Crippen molar-refractivity contribution in [1.29, 1.82) is 0 Å². The molecule has 0 saturated heterocycles. The fourth-order valence-corrected chi connectivity index (χ4v) is 1.82. The van der Waals surface area contributed by atoms with Crippen LogP contribution >= 0.6 is 0 Å². The summed E-state index contributed by atoms with van der Waals surface area (Å²) in [5.41, 5.74) is 0. The first-order chi connectivity index (χ1) is 7.27. The Hall–Kier alpha value is -0.520. The molecule has 0 heterocycles. The zero-order chi connectivity index (χ0) is 11.1.